The van der Waals surface area contributed by atoms with Crippen LogP contribution in [0.25, 0.3) is 0 Å². The molecule has 0 spiro atoms. The monoisotopic (exact) mass is 339 g/mol. The normalized spacial score (nSPS) is 26.2. The van der Waals surface area contributed by atoms with E-state index in [1.165, 1.54) is 17.9 Å². The average Bonchev–Trinajstić information content (AvgIpc) is 2.91. The second kappa shape index (κ2) is 6.26. The molecule has 3 rings (SSSR count). The Hall–Kier alpha value is -2.38. The Kier molecular flexibility index (Phi) is 4.29. The summed E-state index contributed by atoms with van der Waals surface area (Å²) in [5, 5.41) is 2.58. The Morgan fingerprint density at radius 2 is 2.17 bits per heavy atom. The van der Waals surface area contributed by atoms with Crippen molar-refractivity contribution in [3.63, 3.8) is 0 Å². The number of ether oxygens (including phenoxy) is 1. The molecule has 2 heterocycles. The van der Waals surface area contributed by atoms with Crippen LogP contribution in [0.15, 0.2) is 18.2 Å². The highest BCUT2D eigenvalue weighted by Gasteiger charge is 2.37. The number of halogens is 2. The predicted molar refractivity (Wildman–Crippen MR) is 84.4 cm³/mol. The second-order valence-electron chi connectivity index (χ2n) is 6.10. The Labute approximate surface area is 138 Å². The molecule has 0 bridgehead atoms. The molecule has 0 radical (unpaired) electrons. The van der Waals surface area contributed by atoms with Crippen LogP contribution >= 0.6 is 0 Å². The van der Waals surface area contributed by atoms with Crippen LogP contribution in [0.3, 0.4) is 0 Å². The second-order valence-corrected chi connectivity index (χ2v) is 6.10. The summed E-state index contributed by atoms with van der Waals surface area (Å²) < 4.78 is 32.8. The van der Waals surface area contributed by atoms with E-state index in [0.29, 0.717) is 11.4 Å². The van der Waals surface area contributed by atoms with Crippen molar-refractivity contribution in [2.45, 2.75) is 32.2 Å². The van der Waals surface area contributed by atoms with Crippen LogP contribution in [0.4, 0.5) is 25.0 Å². The van der Waals surface area contributed by atoms with Gasteiger partial charge in [0.15, 0.2) is 0 Å². The number of benzene rings is 1. The molecule has 2 saturated heterocycles. The van der Waals surface area contributed by atoms with E-state index in [0.717, 1.165) is 0 Å². The number of nitrogens with zero attached hydrogens (tertiary/aromatic N) is 2. The first-order chi connectivity index (χ1) is 11.4. The Bertz CT molecular complexity index is 670. The molecule has 1 aromatic carbocycles. The first kappa shape index (κ1) is 16.5. The molecule has 0 aliphatic carbocycles. The van der Waals surface area contributed by atoms with Crippen molar-refractivity contribution in [2.75, 3.05) is 29.4 Å². The molecule has 6 nitrogen and oxygen atoms in total. The van der Waals surface area contributed by atoms with E-state index in [9.17, 15) is 18.4 Å². The minimum Gasteiger partial charge on any atom is -0.442 e. The van der Waals surface area contributed by atoms with Crippen LogP contribution in [0.5, 0.6) is 0 Å². The van der Waals surface area contributed by atoms with Crippen LogP contribution in [-0.4, -0.2) is 50.0 Å². The van der Waals surface area contributed by atoms with Gasteiger partial charge in [-0.2, -0.15) is 0 Å². The molecule has 130 valence electrons. The van der Waals surface area contributed by atoms with Gasteiger partial charge in [-0.1, -0.05) is 0 Å². The highest BCUT2D eigenvalue weighted by Crippen LogP contribution is 2.33. The number of nitrogens with one attached hydrogen (secondary N) is 1. The van der Waals surface area contributed by atoms with E-state index >= 15 is 0 Å². The Morgan fingerprint density at radius 3 is 2.75 bits per heavy atom. The van der Waals surface area contributed by atoms with E-state index in [4.69, 9.17) is 4.74 Å². The molecule has 0 aromatic heterocycles. The molecule has 2 aliphatic heterocycles. The fraction of sp³-hybridized carbons (Fsp3) is 0.500. The zero-order chi connectivity index (χ0) is 17.4. The largest absolute Gasteiger partial charge is 0.442 e. The molecular formula is C16H19F2N3O3. The van der Waals surface area contributed by atoms with Crippen molar-refractivity contribution < 1.29 is 23.1 Å². The van der Waals surface area contributed by atoms with Crippen LogP contribution in [-0.2, 0) is 9.53 Å². The molecule has 3 atom stereocenters. The smallest absolute Gasteiger partial charge is 0.414 e. The molecular weight excluding hydrogens is 320 g/mol. The maximum absolute atomic E-state index is 14.4. The summed E-state index contributed by atoms with van der Waals surface area (Å²) >= 11 is 0. The number of carbonyl (C=O) groups excluding carboxylic acids is 2. The minimum atomic E-state index is -0.952. The molecule has 8 heteroatoms. The maximum atomic E-state index is 14.4. The van der Waals surface area contributed by atoms with Crippen LogP contribution in [0.2, 0.25) is 0 Å². The fourth-order valence-electron chi connectivity index (χ4n) is 2.87. The molecule has 24 heavy (non-hydrogen) atoms. The first-order valence-corrected chi connectivity index (χ1v) is 7.79. The quantitative estimate of drug-likeness (QED) is 0.909. The van der Waals surface area contributed by atoms with Gasteiger partial charge in [0.1, 0.15) is 18.1 Å². The van der Waals surface area contributed by atoms with Crippen molar-refractivity contribution in [3.05, 3.63) is 24.0 Å². The third kappa shape index (κ3) is 3.00. The SMILES string of the molecule is CC(=O)NCC1CN(c2ccc(N3CC(F)[C@@H]3C)c(F)c2)C(=O)O1. The first-order valence-electron chi connectivity index (χ1n) is 7.79. The van der Waals surface area contributed by atoms with Gasteiger partial charge in [-0.05, 0) is 25.1 Å². The highest BCUT2D eigenvalue weighted by molar-refractivity contribution is 5.90. The van der Waals surface area contributed by atoms with Crippen molar-refractivity contribution in [2.24, 2.45) is 0 Å². The van der Waals surface area contributed by atoms with Gasteiger partial charge in [0.25, 0.3) is 0 Å². The maximum Gasteiger partial charge on any atom is 0.414 e. The predicted octanol–water partition coefficient (Wildman–Crippen LogP) is 1.83. The third-order valence-corrected chi connectivity index (χ3v) is 4.39. The molecule has 2 fully saturated rings. The molecule has 2 aliphatic rings. The summed E-state index contributed by atoms with van der Waals surface area (Å²) in [7, 11) is 0. The number of hydrogen-bond acceptors (Lipinski definition) is 4. The number of carbonyl (C=O) groups is 2. The van der Waals surface area contributed by atoms with E-state index in [-0.39, 0.29) is 31.6 Å². The van der Waals surface area contributed by atoms with Gasteiger partial charge in [0.2, 0.25) is 5.91 Å². The minimum absolute atomic E-state index is 0.169. The Morgan fingerprint density at radius 1 is 1.42 bits per heavy atom. The van der Waals surface area contributed by atoms with Gasteiger partial charge in [0.05, 0.1) is 37.1 Å². The van der Waals surface area contributed by atoms with Gasteiger partial charge in [-0.25, -0.2) is 13.6 Å². The number of amides is 2. The zero-order valence-corrected chi connectivity index (χ0v) is 13.5. The summed E-state index contributed by atoms with van der Waals surface area (Å²) in [6.07, 6.45) is -2.02. The van der Waals surface area contributed by atoms with Gasteiger partial charge in [0, 0.05) is 6.92 Å². The van der Waals surface area contributed by atoms with E-state index in [2.05, 4.69) is 5.32 Å². The molecule has 1 aromatic rings. The lowest BCUT2D eigenvalue weighted by Gasteiger charge is -2.43. The van der Waals surface area contributed by atoms with Gasteiger partial charge in [-0.15, -0.1) is 0 Å². The third-order valence-electron chi connectivity index (χ3n) is 4.39. The lowest BCUT2D eigenvalue weighted by Crippen LogP contribution is -2.56. The highest BCUT2D eigenvalue weighted by atomic mass is 19.1. The van der Waals surface area contributed by atoms with Gasteiger partial charge >= 0.3 is 6.09 Å². The van der Waals surface area contributed by atoms with Crippen LogP contribution < -0.4 is 15.1 Å². The summed E-state index contributed by atoms with van der Waals surface area (Å²) in [6, 6.07) is 4.04. The summed E-state index contributed by atoms with van der Waals surface area (Å²) in [5.74, 6) is -0.723. The van der Waals surface area contributed by atoms with Crippen molar-refractivity contribution in [1.82, 2.24) is 5.32 Å². The molecule has 0 saturated carbocycles. The zero-order valence-electron chi connectivity index (χ0n) is 13.5. The van der Waals surface area contributed by atoms with Crippen molar-refractivity contribution >= 4 is 23.4 Å². The number of rotatable bonds is 4. The Balaban J connectivity index is 1.70. The fourth-order valence-corrected chi connectivity index (χ4v) is 2.87. The standard InChI is InChI=1S/C16H19F2N3O3/c1-9-14(18)8-20(9)15-4-3-11(5-13(15)17)21-7-12(24-16(21)23)6-19-10(2)22/h3-5,9,12,14H,6-8H2,1-2H3,(H,19,22)/t9-,12?,14?/m0/s1. The summed E-state index contributed by atoms with van der Waals surface area (Å²) in [6.45, 7) is 3.68. The number of hydrogen-bond donors (Lipinski definition) is 1. The van der Waals surface area contributed by atoms with E-state index in [1.807, 2.05) is 0 Å². The summed E-state index contributed by atoms with van der Waals surface area (Å²) in [5.41, 5.74) is 0.694. The topological polar surface area (TPSA) is 61.9 Å². The lowest BCUT2D eigenvalue weighted by molar-refractivity contribution is -0.119. The summed E-state index contributed by atoms with van der Waals surface area (Å²) in [4.78, 5) is 25.8. The van der Waals surface area contributed by atoms with Crippen molar-refractivity contribution in [3.8, 4) is 0 Å². The number of alkyl halides is 1. The van der Waals surface area contributed by atoms with Gasteiger partial charge < -0.3 is 15.0 Å². The molecule has 2 unspecified atom stereocenters. The lowest BCUT2D eigenvalue weighted by atomic mass is 10.0. The van der Waals surface area contributed by atoms with Gasteiger partial charge in [-0.3, -0.25) is 9.69 Å². The van der Waals surface area contributed by atoms with Crippen LogP contribution in [0, 0.1) is 5.82 Å². The number of anilines is 2. The average molecular weight is 339 g/mol. The van der Waals surface area contributed by atoms with Crippen LogP contribution in [0.1, 0.15) is 13.8 Å². The number of cyclic esters (lactones) is 1. The van der Waals surface area contributed by atoms with E-state index in [1.54, 1.807) is 24.0 Å². The molecule has 2 amide bonds. The van der Waals surface area contributed by atoms with Crippen molar-refractivity contribution in [1.29, 1.82) is 0 Å². The van der Waals surface area contributed by atoms with E-state index < -0.39 is 24.2 Å². The molecule has 1 N–H and O–H groups in total.